The van der Waals surface area contributed by atoms with E-state index in [1.54, 1.807) is 7.05 Å². The van der Waals surface area contributed by atoms with Crippen LogP contribution in [0, 0.1) is 0 Å². The van der Waals surface area contributed by atoms with Crippen LogP contribution >= 0.6 is 0 Å². The molecule has 0 spiro atoms. The standard InChI is InChI=1S/C16H32N2O3S/c1-18(15-9-4-2-5-10-15)22(19,20)17-13-8-14-21-16-11-6-3-7-12-16/h15-17H,2-14H2,1H3. The third-order valence-electron chi connectivity index (χ3n) is 4.98. The lowest BCUT2D eigenvalue weighted by Gasteiger charge is -2.30. The molecular weight excluding hydrogens is 300 g/mol. The first-order valence-electron chi connectivity index (χ1n) is 8.94. The highest BCUT2D eigenvalue weighted by atomic mass is 32.2. The molecule has 0 aromatic heterocycles. The van der Waals surface area contributed by atoms with E-state index >= 15 is 0 Å². The fourth-order valence-electron chi connectivity index (χ4n) is 3.50. The summed E-state index contributed by atoms with van der Waals surface area (Å²) >= 11 is 0. The third kappa shape index (κ3) is 5.80. The lowest BCUT2D eigenvalue weighted by atomic mass is 9.96. The quantitative estimate of drug-likeness (QED) is 0.695. The number of rotatable bonds is 8. The van der Waals surface area contributed by atoms with Crippen LogP contribution in [0.5, 0.6) is 0 Å². The molecule has 22 heavy (non-hydrogen) atoms. The summed E-state index contributed by atoms with van der Waals surface area (Å²) in [6.45, 7) is 1.12. The summed E-state index contributed by atoms with van der Waals surface area (Å²) in [6.07, 6.45) is 12.8. The maximum absolute atomic E-state index is 12.3. The van der Waals surface area contributed by atoms with Gasteiger partial charge in [0, 0.05) is 26.2 Å². The summed E-state index contributed by atoms with van der Waals surface area (Å²) in [4.78, 5) is 0. The molecule has 0 unspecified atom stereocenters. The molecule has 2 rings (SSSR count). The van der Waals surface area contributed by atoms with Crippen molar-refractivity contribution < 1.29 is 13.2 Å². The van der Waals surface area contributed by atoms with E-state index in [0.29, 0.717) is 19.3 Å². The van der Waals surface area contributed by atoms with Crippen molar-refractivity contribution in [1.82, 2.24) is 9.03 Å². The number of hydrogen-bond acceptors (Lipinski definition) is 3. The molecule has 0 radical (unpaired) electrons. The summed E-state index contributed by atoms with van der Waals surface area (Å²) in [5.41, 5.74) is 0. The van der Waals surface area contributed by atoms with Gasteiger partial charge in [-0.05, 0) is 32.1 Å². The average molecular weight is 333 g/mol. The van der Waals surface area contributed by atoms with Gasteiger partial charge in [0.1, 0.15) is 0 Å². The molecule has 0 bridgehead atoms. The first kappa shape index (κ1) is 18.2. The number of nitrogens with one attached hydrogen (secondary N) is 1. The molecule has 0 saturated heterocycles. The molecule has 130 valence electrons. The second kappa shape index (κ2) is 9.21. The van der Waals surface area contributed by atoms with E-state index in [4.69, 9.17) is 4.74 Å². The molecule has 2 aliphatic carbocycles. The van der Waals surface area contributed by atoms with Crippen LogP contribution in [0.2, 0.25) is 0 Å². The third-order valence-corrected chi connectivity index (χ3v) is 6.60. The molecule has 0 heterocycles. The summed E-state index contributed by atoms with van der Waals surface area (Å²) in [6, 6.07) is 0.171. The Balaban J connectivity index is 1.61. The lowest BCUT2D eigenvalue weighted by molar-refractivity contribution is 0.0277. The SMILES string of the molecule is CN(C1CCCCC1)S(=O)(=O)NCCCOC1CCCCC1. The molecule has 2 fully saturated rings. The Morgan fingerprint density at radius 1 is 1.00 bits per heavy atom. The van der Waals surface area contributed by atoms with E-state index in [2.05, 4.69) is 4.72 Å². The Hall–Kier alpha value is -0.170. The molecule has 0 amide bonds. The van der Waals surface area contributed by atoms with Gasteiger partial charge >= 0.3 is 0 Å². The minimum atomic E-state index is -3.34. The largest absolute Gasteiger partial charge is 0.378 e. The smallest absolute Gasteiger partial charge is 0.279 e. The van der Waals surface area contributed by atoms with Crippen LogP contribution in [-0.2, 0) is 14.9 Å². The number of hydrogen-bond donors (Lipinski definition) is 1. The van der Waals surface area contributed by atoms with Gasteiger partial charge < -0.3 is 4.74 Å². The predicted octanol–water partition coefficient (Wildman–Crippen LogP) is 2.82. The summed E-state index contributed by atoms with van der Waals surface area (Å²) in [5.74, 6) is 0. The summed E-state index contributed by atoms with van der Waals surface area (Å²) in [5, 5.41) is 0. The van der Waals surface area contributed by atoms with Gasteiger partial charge in [0.05, 0.1) is 6.10 Å². The van der Waals surface area contributed by atoms with Crippen LogP contribution in [0.25, 0.3) is 0 Å². The van der Waals surface area contributed by atoms with Crippen LogP contribution in [0.15, 0.2) is 0 Å². The Labute approximate surface area is 136 Å². The monoisotopic (exact) mass is 332 g/mol. The second-order valence-electron chi connectivity index (χ2n) is 6.69. The molecule has 0 aliphatic heterocycles. The molecule has 0 atom stereocenters. The van der Waals surface area contributed by atoms with Gasteiger partial charge in [-0.2, -0.15) is 12.7 Å². The molecule has 5 nitrogen and oxygen atoms in total. The van der Waals surface area contributed by atoms with Crippen molar-refractivity contribution in [2.75, 3.05) is 20.2 Å². The van der Waals surface area contributed by atoms with E-state index in [9.17, 15) is 8.42 Å². The molecule has 0 aromatic rings. The van der Waals surface area contributed by atoms with Crippen molar-refractivity contribution in [3.05, 3.63) is 0 Å². The van der Waals surface area contributed by atoms with Crippen molar-refractivity contribution >= 4 is 10.2 Å². The zero-order valence-corrected chi connectivity index (χ0v) is 14.7. The van der Waals surface area contributed by atoms with Crippen molar-refractivity contribution in [2.45, 2.75) is 82.8 Å². The topological polar surface area (TPSA) is 58.6 Å². The van der Waals surface area contributed by atoms with Gasteiger partial charge in [-0.1, -0.05) is 38.5 Å². The van der Waals surface area contributed by atoms with Crippen molar-refractivity contribution in [3.8, 4) is 0 Å². The molecular formula is C16H32N2O3S. The van der Waals surface area contributed by atoms with Crippen LogP contribution in [0.4, 0.5) is 0 Å². The van der Waals surface area contributed by atoms with Gasteiger partial charge in [0.2, 0.25) is 0 Å². The maximum atomic E-state index is 12.3. The lowest BCUT2D eigenvalue weighted by Crippen LogP contribution is -2.45. The van der Waals surface area contributed by atoms with Crippen LogP contribution in [0.3, 0.4) is 0 Å². The zero-order chi connectivity index (χ0) is 15.8. The second-order valence-corrected chi connectivity index (χ2v) is 8.51. The maximum Gasteiger partial charge on any atom is 0.279 e. The summed E-state index contributed by atoms with van der Waals surface area (Å²) < 4.78 is 34.6. The molecule has 2 aliphatic rings. The highest BCUT2D eigenvalue weighted by molar-refractivity contribution is 7.87. The Kier molecular flexibility index (Phi) is 7.60. The van der Waals surface area contributed by atoms with Crippen molar-refractivity contribution in [3.63, 3.8) is 0 Å². The van der Waals surface area contributed by atoms with Crippen molar-refractivity contribution in [1.29, 1.82) is 0 Å². The highest BCUT2D eigenvalue weighted by Gasteiger charge is 2.26. The molecule has 0 aromatic carbocycles. The van der Waals surface area contributed by atoms with Crippen molar-refractivity contribution in [2.24, 2.45) is 0 Å². The normalized spacial score (nSPS) is 22.3. The first-order valence-corrected chi connectivity index (χ1v) is 10.4. The summed E-state index contributed by atoms with van der Waals surface area (Å²) in [7, 11) is -1.63. The number of nitrogens with zero attached hydrogens (tertiary/aromatic N) is 1. The highest BCUT2D eigenvalue weighted by Crippen LogP contribution is 2.23. The van der Waals surface area contributed by atoms with Gasteiger partial charge in [-0.15, -0.1) is 0 Å². The van der Waals surface area contributed by atoms with Crippen LogP contribution < -0.4 is 4.72 Å². The van der Waals surface area contributed by atoms with Crippen LogP contribution in [0.1, 0.15) is 70.6 Å². The van der Waals surface area contributed by atoms with E-state index in [1.165, 1.54) is 30.0 Å². The molecule has 6 heteroatoms. The Bertz CT molecular complexity index is 402. The molecule has 2 saturated carbocycles. The Morgan fingerprint density at radius 3 is 2.23 bits per heavy atom. The average Bonchev–Trinajstić information content (AvgIpc) is 2.55. The minimum Gasteiger partial charge on any atom is -0.378 e. The zero-order valence-electron chi connectivity index (χ0n) is 13.9. The van der Waals surface area contributed by atoms with Gasteiger partial charge in [0.15, 0.2) is 0 Å². The van der Waals surface area contributed by atoms with E-state index in [1.807, 2.05) is 0 Å². The van der Waals surface area contributed by atoms with Crippen LogP contribution in [-0.4, -0.2) is 45.1 Å². The van der Waals surface area contributed by atoms with Gasteiger partial charge in [-0.3, -0.25) is 0 Å². The fraction of sp³-hybridized carbons (Fsp3) is 1.00. The Morgan fingerprint density at radius 2 is 1.59 bits per heavy atom. The van der Waals surface area contributed by atoms with Gasteiger partial charge in [-0.25, -0.2) is 4.72 Å². The van der Waals surface area contributed by atoms with Gasteiger partial charge in [0.25, 0.3) is 10.2 Å². The van der Waals surface area contributed by atoms with E-state index < -0.39 is 10.2 Å². The van der Waals surface area contributed by atoms with E-state index in [0.717, 1.165) is 44.9 Å². The first-order chi connectivity index (χ1) is 10.6. The predicted molar refractivity (Wildman–Crippen MR) is 89.0 cm³/mol. The molecule has 1 N–H and O–H groups in total. The fourth-order valence-corrected chi connectivity index (χ4v) is 4.71. The minimum absolute atomic E-state index is 0.171. The van der Waals surface area contributed by atoms with E-state index in [-0.39, 0.29) is 6.04 Å². The number of ether oxygens (including phenoxy) is 1.